The molecule has 6 aliphatic rings. The smallest absolute Gasteiger partial charge is 0.304 e. The van der Waals surface area contributed by atoms with Gasteiger partial charge < -0.3 is 14.2 Å². The number of carbonyl (C=O) groups is 2. The number of epoxide rings is 1. The van der Waals surface area contributed by atoms with Crippen molar-refractivity contribution in [1.29, 1.82) is 0 Å². The fourth-order valence-corrected chi connectivity index (χ4v) is 10.6. The first kappa shape index (κ1) is 26.0. The molecule has 3 saturated carbocycles. The lowest BCUT2D eigenvalue weighted by molar-refractivity contribution is -0.186. The zero-order valence-corrected chi connectivity index (χ0v) is 24.3. The number of fused-ring (bicyclic) bond motifs is 5. The number of Topliss-reactive ketones (excluding diaryl/α,β-unsaturated/α-hetero) is 1. The summed E-state index contributed by atoms with van der Waals surface area (Å²) in [6, 6.07) is 0. The molecule has 2 heterocycles. The van der Waals surface area contributed by atoms with Crippen molar-refractivity contribution in [3.8, 4) is 0 Å². The molecular weight excluding hydrogens is 464 g/mol. The molecule has 5 heteroatoms. The zero-order valence-electron chi connectivity index (χ0n) is 24.3. The first-order valence-electron chi connectivity index (χ1n) is 14.9. The fourth-order valence-electron chi connectivity index (χ4n) is 10.6. The van der Waals surface area contributed by atoms with Gasteiger partial charge in [0.15, 0.2) is 0 Å². The third-order valence-electron chi connectivity index (χ3n) is 13.0. The van der Waals surface area contributed by atoms with E-state index in [1.54, 1.807) is 5.57 Å². The van der Waals surface area contributed by atoms with Gasteiger partial charge in [-0.1, -0.05) is 46.3 Å². The van der Waals surface area contributed by atoms with E-state index in [2.05, 4.69) is 54.5 Å². The number of carbonyl (C=O) groups excluding carboxylic acids is 2. The summed E-state index contributed by atoms with van der Waals surface area (Å²) in [6.07, 6.45) is 10.6. The van der Waals surface area contributed by atoms with Crippen LogP contribution in [0.25, 0.3) is 0 Å². The van der Waals surface area contributed by atoms with Crippen molar-refractivity contribution in [2.45, 2.75) is 131 Å². The summed E-state index contributed by atoms with van der Waals surface area (Å²) in [6.45, 7) is 17.7. The van der Waals surface area contributed by atoms with E-state index in [0.29, 0.717) is 23.5 Å². The largest absolute Gasteiger partial charge is 0.436 e. The highest BCUT2D eigenvalue weighted by molar-refractivity contribution is 5.85. The highest BCUT2D eigenvalue weighted by Gasteiger charge is 2.68. The van der Waals surface area contributed by atoms with Gasteiger partial charge in [-0.2, -0.15) is 0 Å². The Morgan fingerprint density at radius 2 is 1.73 bits per heavy atom. The SMILES string of the molecule is CC(=O)OC1OC(C2OC2(C)C)CC1C1CCC2(C)C3=CCC4C(C)(C)C(=O)CC[C@]4(C)C3CCC12C. The Morgan fingerprint density at radius 1 is 1.03 bits per heavy atom. The van der Waals surface area contributed by atoms with Gasteiger partial charge in [0.2, 0.25) is 6.29 Å². The van der Waals surface area contributed by atoms with Crippen LogP contribution < -0.4 is 0 Å². The molecule has 0 aromatic rings. The van der Waals surface area contributed by atoms with Crippen molar-refractivity contribution in [2.75, 3.05) is 0 Å². The van der Waals surface area contributed by atoms with Crippen molar-refractivity contribution < 1.29 is 23.8 Å². The van der Waals surface area contributed by atoms with Crippen LogP contribution >= 0.6 is 0 Å². The molecule has 2 saturated heterocycles. The first-order valence-corrected chi connectivity index (χ1v) is 14.9. The van der Waals surface area contributed by atoms with E-state index in [1.165, 1.54) is 26.2 Å². The Hall–Kier alpha value is -1.20. The van der Waals surface area contributed by atoms with Crippen LogP contribution in [0.5, 0.6) is 0 Å². The molecule has 9 unspecified atom stereocenters. The average molecular weight is 513 g/mol. The van der Waals surface area contributed by atoms with E-state index < -0.39 is 6.29 Å². The number of hydrogen-bond donors (Lipinski definition) is 0. The molecule has 0 bridgehead atoms. The Bertz CT molecular complexity index is 1040. The molecule has 0 spiro atoms. The van der Waals surface area contributed by atoms with Gasteiger partial charge in [-0.15, -0.1) is 0 Å². The van der Waals surface area contributed by atoms with E-state index in [1.807, 2.05) is 0 Å². The topological polar surface area (TPSA) is 65.1 Å². The molecule has 0 aromatic heterocycles. The van der Waals surface area contributed by atoms with Gasteiger partial charge in [-0.3, -0.25) is 9.59 Å². The maximum atomic E-state index is 12.9. The van der Waals surface area contributed by atoms with Crippen LogP contribution in [-0.4, -0.2) is 35.9 Å². The van der Waals surface area contributed by atoms with E-state index in [-0.39, 0.29) is 51.4 Å². The lowest BCUT2D eigenvalue weighted by Crippen LogP contribution is -2.57. The van der Waals surface area contributed by atoms with E-state index in [9.17, 15) is 9.59 Å². The molecule has 0 amide bonds. The van der Waals surface area contributed by atoms with Crippen molar-refractivity contribution in [1.82, 2.24) is 0 Å². The maximum Gasteiger partial charge on any atom is 0.304 e. The lowest BCUT2D eigenvalue weighted by atomic mass is 9.41. The third-order valence-corrected chi connectivity index (χ3v) is 13.0. The average Bonchev–Trinajstić information content (AvgIpc) is 3.12. The minimum Gasteiger partial charge on any atom is -0.436 e. The number of rotatable bonds is 3. The van der Waals surface area contributed by atoms with Gasteiger partial charge in [0.25, 0.3) is 0 Å². The van der Waals surface area contributed by atoms with Gasteiger partial charge in [0, 0.05) is 24.7 Å². The Labute approximate surface area is 223 Å². The molecule has 0 radical (unpaired) electrons. The van der Waals surface area contributed by atoms with Gasteiger partial charge in [0.05, 0.1) is 11.7 Å². The molecule has 6 rings (SSSR count). The minimum atomic E-state index is -0.475. The summed E-state index contributed by atoms with van der Waals surface area (Å²) in [7, 11) is 0. The molecule has 206 valence electrons. The van der Waals surface area contributed by atoms with Crippen molar-refractivity contribution in [3.05, 3.63) is 11.6 Å². The molecule has 5 fully saturated rings. The number of hydrogen-bond acceptors (Lipinski definition) is 5. The summed E-state index contributed by atoms with van der Waals surface area (Å²) in [5.74, 6) is 1.84. The molecule has 5 nitrogen and oxygen atoms in total. The molecule has 10 atom stereocenters. The summed E-state index contributed by atoms with van der Waals surface area (Å²) in [5, 5.41) is 0. The maximum absolute atomic E-state index is 12.9. The second-order valence-electron chi connectivity index (χ2n) is 15.3. The van der Waals surface area contributed by atoms with Gasteiger partial charge in [-0.25, -0.2) is 0 Å². The van der Waals surface area contributed by atoms with E-state index in [0.717, 1.165) is 32.1 Å². The second kappa shape index (κ2) is 7.93. The predicted octanol–water partition coefficient (Wildman–Crippen LogP) is 6.63. The highest BCUT2D eigenvalue weighted by Crippen LogP contribution is 2.73. The predicted molar refractivity (Wildman–Crippen MR) is 141 cm³/mol. The van der Waals surface area contributed by atoms with Crippen LogP contribution in [0.1, 0.15) is 107 Å². The van der Waals surface area contributed by atoms with Crippen LogP contribution in [0, 0.1) is 45.3 Å². The quantitative estimate of drug-likeness (QED) is 0.241. The summed E-state index contributed by atoms with van der Waals surface area (Å²) >= 11 is 0. The van der Waals surface area contributed by atoms with Crippen LogP contribution in [0.15, 0.2) is 11.6 Å². The molecule has 0 aromatic carbocycles. The van der Waals surface area contributed by atoms with Crippen LogP contribution in [0.4, 0.5) is 0 Å². The normalized spacial score (nSPS) is 51.5. The molecule has 2 aliphatic heterocycles. The first-order chi connectivity index (χ1) is 17.1. The summed E-state index contributed by atoms with van der Waals surface area (Å²) in [5.41, 5.74) is 1.76. The Balaban J connectivity index is 1.31. The number of ether oxygens (including phenoxy) is 3. The Morgan fingerprint density at radius 3 is 2.38 bits per heavy atom. The monoisotopic (exact) mass is 512 g/mol. The lowest BCUT2D eigenvalue weighted by Gasteiger charge is -2.63. The second-order valence-corrected chi connectivity index (χ2v) is 15.3. The van der Waals surface area contributed by atoms with Crippen LogP contribution in [0.3, 0.4) is 0 Å². The van der Waals surface area contributed by atoms with Gasteiger partial charge in [-0.05, 0) is 92.8 Å². The zero-order chi connectivity index (χ0) is 26.8. The Kier molecular flexibility index (Phi) is 5.58. The van der Waals surface area contributed by atoms with Crippen molar-refractivity contribution >= 4 is 11.8 Å². The molecular formula is C32H48O5. The van der Waals surface area contributed by atoms with Gasteiger partial charge in [0.1, 0.15) is 11.9 Å². The number of ketones is 1. The standard InChI is InChI=1S/C32H48O5/c1-18(33)35-27-19(17-23(36-27)26-29(4,5)37-26)20-11-15-32(8)22-9-10-24-28(2,3)25(34)13-14-30(24,6)21(22)12-16-31(20,32)7/h9,19-21,23-24,26-27H,10-17H2,1-8H3/t19?,20?,21?,23?,24?,26?,27?,30-,31?,32?/m1/s1. The molecule has 4 aliphatic carbocycles. The van der Waals surface area contributed by atoms with Crippen LogP contribution in [-0.2, 0) is 23.8 Å². The summed E-state index contributed by atoms with van der Waals surface area (Å²) < 4.78 is 18.2. The number of allylic oxidation sites excluding steroid dienone is 2. The van der Waals surface area contributed by atoms with Gasteiger partial charge >= 0.3 is 5.97 Å². The molecule has 0 N–H and O–H groups in total. The minimum absolute atomic E-state index is 0.00767. The van der Waals surface area contributed by atoms with Crippen LogP contribution in [0.2, 0.25) is 0 Å². The van der Waals surface area contributed by atoms with E-state index >= 15 is 0 Å². The summed E-state index contributed by atoms with van der Waals surface area (Å²) in [4.78, 5) is 25.0. The van der Waals surface area contributed by atoms with Crippen molar-refractivity contribution in [3.63, 3.8) is 0 Å². The number of esters is 1. The third kappa shape index (κ3) is 3.47. The fraction of sp³-hybridized carbons (Fsp3) is 0.875. The van der Waals surface area contributed by atoms with E-state index in [4.69, 9.17) is 14.2 Å². The highest BCUT2D eigenvalue weighted by atomic mass is 16.7. The van der Waals surface area contributed by atoms with Crippen molar-refractivity contribution in [2.24, 2.45) is 45.3 Å². The molecule has 37 heavy (non-hydrogen) atoms.